The molecule has 2 N–H and O–H groups in total. The maximum Gasteiger partial charge on any atom is 0.307 e. The van der Waals surface area contributed by atoms with Crippen LogP contribution in [0.1, 0.15) is 32.4 Å². The van der Waals surface area contributed by atoms with Crippen molar-refractivity contribution in [3.05, 3.63) is 29.8 Å². The predicted octanol–water partition coefficient (Wildman–Crippen LogP) is 2.46. The van der Waals surface area contributed by atoms with Gasteiger partial charge >= 0.3 is 5.97 Å². The fraction of sp³-hybridized carbons (Fsp3) is 0.500. The highest BCUT2D eigenvalue weighted by Crippen LogP contribution is 2.18. The third-order valence-electron chi connectivity index (χ3n) is 3.27. The average Bonchev–Trinajstić information content (AvgIpc) is 2.37. The Kier molecular flexibility index (Phi) is 5.16. The van der Waals surface area contributed by atoms with E-state index in [2.05, 4.69) is 5.32 Å². The van der Waals surface area contributed by atoms with Gasteiger partial charge in [0.05, 0.1) is 13.0 Å². The van der Waals surface area contributed by atoms with Crippen LogP contribution in [0.4, 0.5) is 0 Å². The molecule has 0 radical (unpaired) electrons. The predicted molar refractivity (Wildman–Crippen MR) is 70.8 cm³/mol. The Bertz CT molecular complexity index is 389. The number of methoxy groups -OCH3 is 1. The van der Waals surface area contributed by atoms with Gasteiger partial charge in [-0.3, -0.25) is 4.79 Å². The number of carbonyl (C=O) groups is 1. The molecule has 0 spiro atoms. The fourth-order valence-electron chi connectivity index (χ4n) is 1.74. The van der Waals surface area contributed by atoms with Gasteiger partial charge in [0, 0.05) is 12.1 Å². The summed E-state index contributed by atoms with van der Waals surface area (Å²) in [5.41, 5.74) is 1.11. The van der Waals surface area contributed by atoms with Gasteiger partial charge in [0.2, 0.25) is 0 Å². The lowest BCUT2D eigenvalue weighted by atomic mass is 10.0. The summed E-state index contributed by atoms with van der Waals surface area (Å²) in [6.07, 6.45) is 0. The standard InChI is InChI=1S/C14H21NO3/c1-9(14(16)17)10(2)15-11(3)12-5-7-13(18-4)8-6-12/h5-11,15H,1-4H3,(H,16,17). The van der Waals surface area contributed by atoms with Crippen LogP contribution < -0.4 is 10.1 Å². The maximum atomic E-state index is 10.9. The molecule has 18 heavy (non-hydrogen) atoms. The van der Waals surface area contributed by atoms with Crippen LogP contribution >= 0.6 is 0 Å². The van der Waals surface area contributed by atoms with Crippen molar-refractivity contribution in [1.29, 1.82) is 0 Å². The second-order valence-electron chi connectivity index (χ2n) is 4.58. The molecule has 0 bridgehead atoms. The summed E-state index contributed by atoms with van der Waals surface area (Å²) in [6, 6.07) is 7.79. The molecule has 3 atom stereocenters. The van der Waals surface area contributed by atoms with Crippen LogP contribution in [0.2, 0.25) is 0 Å². The van der Waals surface area contributed by atoms with E-state index < -0.39 is 11.9 Å². The number of rotatable bonds is 6. The van der Waals surface area contributed by atoms with E-state index in [1.807, 2.05) is 38.1 Å². The summed E-state index contributed by atoms with van der Waals surface area (Å²) in [5.74, 6) is -0.375. The highest BCUT2D eigenvalue weighted by atomic mass is 16.5. The lowest BCUT2D eigenvalue weighted by molar-refractivity contribution is -0.142. The quantitative estimate of drug-likeness (QED) is 0.815. The zero-order chi connectivity index (χ0) is 13.7. The van der Waals surface area contributed by atoms with Crippen LogP contribution in [0.15, 0.2) is 24.3 Å². The SMILES string of the molecule is COc1ccc(C(C)NC(C)C(C)C(=O)O)cc1. The van der Waals surface area contributed by atoms with Gasteiger partial charge < -0.3 is 15.2 Å². The van der Waals surface area contributed by atoms with Crippen molar-refractivity contribution in [3.63, 3.8) is 0 Å². The first-order valence-corrected chi connectivity index (χ1v) is 6.08. The molecule has 3 unspecified atom stereocenters. The molecule has 0 amide bonds. The second-order valence-corrected chi connectivity index (χ2v) is 4.58. The van der Waals surface area contributed by atoms with Crippen molar-refractivity contribution in [3.8, 4) is 5.75 Å². The lowest BCUT2D eigenvalue weighted by Gasteiger charge is -2.23. The molecule has 0 saturated heterocycles. The summed E-state index contributed by atoms with van der Waals surface area (Å²) < 4.78 is 5.10. The summed E-state index contributed by atoms with van der Waals surface area (Å²) >= 11 is 0. The Morgan fingerprint density at radius 2 is 1.78 bits per heavy atom. The lowest BCUT2D eigenvalue weighted by Crippen LogP contribution is -2.37. The number of nitrogens with one attached hydrogen (secondary N) is 1. The van der Waals surface area contributed by atoms with E-state index in [4.69, 9.17) is 9.84 Å². The fourth-order valence-corrected chi connectivity index (χ4v) is 1.74. The highest BCUT2D eigenvalue weighted by molar-refractivity contribution is 5.70. The van der Waals surface area contributed by atoms with Crippen LogP contribution in [0.3, 0.4) is 0 Å². The third kappa shape index (κ3) is 3.74. The summed E-state index contributed by atoms with van der Waals surface area (Å²) in [4.78, 5) is 10.9. The molecule has 1 rings (SSSR count). The zero-order valence-corrected chi connectivity index (χ0v) is 11.3. The van der Waals surface area contributed by atoms with Gasteiger partial charge in [0.25, 0.3) is 0 Å². The molecule has 0 fully saturated rings. The van der Waals surface area contributed by atoms with E-state index in [-0.39, 0.29) is 12.1 Å². The number of hydrogen-bond donors (Lipinski definition) is 2. The van der Waals surface area contributed by atoms with Crippen molar-refractivity contribution < 1.29 is 14.6 Å². The van der Waals surface area contributed by atoms with Crippen LogP contribution in [0.25, 0.3) is 0 Å². The number of carboxylic acid groups (broad SMARTS) is 1. The molecule has 0 aliphatic heterocycles. The molecule has 0 aromatic heterocycles. The Labute approximate surface area is 108 Å². The molecule has 0 heterocycles. The van der Waals surface area contributed by atoms with E-state index in [1.54, 1.807) is 14.0 Å². The van der Waals surface area contributed by atoms with Crippen molar-refractivity contribution in [2.24, 2.45) is 5.92 Å². The largest absolute Gasteiger partial charge is 0.497 e. The van der Waals surface area contributed by atoms with Crippen LogP contribution in [-0.4, -0.2) is 24.2 Å². The molecule has 0 aliphatic rings. The Morgan fingerprint density at radius 1 is 1.22 bits per heavy atom. The molecular weight excluding hydrogens is 230 g/mol. The van der Waals surface area contributed by atoms with Gasteiger partial charge in [-0.2, -0.15) is 0 Å². The Hall–Kier alpha value is -1.55. The van der Waals surface area contributed by atoms with Crippen LogP contribution in [-0.2, 0) is 4.79 Å². The molecule has 1 aromatic carbocycles. The first-order chi connectivity index (χ1) is 8.45. The number of ether oxygens (including phenoxy) is 1. The third-order valence-corrected chi connectivity index (χ3v) is 3.27. The number of aliphatic carboxylic acids is 1. The molecule has 4 nitrogen and oxygen atoms in total. The average molecular weight is 251 g/mol. The first kappa shape index (κ1) is 14.5. The number of hydrogen-bond acceptors (Lipinski definition) is 3. The van der Waals surface area contributed by atoms with E-state index in [0.29, 0.717) is 0 Å². The van der Waals surface area contributed by atoms with Gasteiger partial charge in [-0.15, -0.1) is 0 Å². The minimum Gasteiger partial charge on any atom is -0.497 e. The van der Waals surface area contributed by atoms with Gasteiger partial charge in [-0.25, -0.2) is 0 Å². The smallest absolute Gasteiger partial charge is 0.307 e. The number of carboxylic acids is 1. The molecule has 0 aliphatic carbocycles. The maximum absolute atomic E-state index is 10.9. The Morgan fingerprint density at radius 3 is 2.22 bits per heavy atom. The second kappa shape index (κ2) is 6.40. The minimum atomic E-state index is -0.781. The van der Waals surface area contributed by atoms with Gasteiger partial charge in [0.1, 0.15) is 5.75 Å². The van der Waals surface area contributed by atoms with Crippen LogP contribution in [0, 0.1) is 5.92 Å². The van der Waals surface area contributed by atoms with Crippen molar-refractivity contribution in [1.82, 2.24) is 5.32 Å². The molecular formula is C14H21NO3. The first-order valence-electron chi connectivity index (χ1n) is 6.08. The molecule has 4 heteroatoms. The molecule has 1 aromatic rings. The van der Waals surface area contributed by atoms with Crippen LogP contribution in [0.5, 0.6) is 5.75 Å². The monoisotopic (exact) mass is 251 g/mol. The summed E-state index contributed by atoms with van der Waals surface area (Å²) in [7, 11) is 1.63. The molecule has 0 saturated carbocycles. The van der Waals surface area contributed by atoms with E-state index in [1.165, 1.54) is 0 Å². The number of benzene rings is 1. The normalized spacial score (nSPS) is 15.8. The van der Waals surface area contributed by atoms with Crippen molar-refractivity contribution in [2.75, 3.05) is 7.11 Å². The van der Waals surface area contributed by atoms with Crippen molar-refractivity contribution >= 4 is 5.97 Å². The van der Waals surface area contributed by atoms with Gasteiger partial charge in [-0.05, 0) is 31.5 Å². The zero-order valence-electron chi connectivity index (χ0n) is 11.3. The topological polar surface area (TPSA) is 58.6 Å². The van der Waals surface area contributed by atoms with E-state index in [9.17, 15) is 4.79 Å². The minimum absolute atomic E-state index is 0.0837. The van der Waals surface area contributed by atoms with Gasteiger partial charge in [0.15, 0.2) is 0 Å². The summed E-state index contributed by atoms with van der Waals surface area (Å²) in [5, 5.41) is 12.2. The van der Waals surface area contributed by atoms with Crippen molar-refractivity contribution in [2.45, 2.75) is 32.9 Å². The molecule has 100 valence electrons. The van der Waals surface area contributed by atoms with E-state index in [0.717, 1.165) is 11.3 Å². The van der Waals surface area contributed by atoms with E-state index >= 15 is 0 Å². The Balaban J connectivity index is 2.63. The highest BCUT2D eigenvalue weighted by Gasteiger charge is 2.20. The van der Waals surface area contributed by atoms with Gasteiger partial charge in [-0.1, -0.05) is 19.1 Å². The summed E-state index contributed by atoms with van der Waals surface area (Å²) in [6.45, 7) is 5.62.